The highest BCUT2D eigenvalue weighted by Gasteiger charge is 2.34. The van der Waals surface area contributed by atoms with Gasteiger partial charge in [-0.2, -0.15) is 10.4 Å². The third-order valence-electron chi connectivity index (χ3n) is 5.34. The topological polar surface area (TPSA) is 64.5 Å². The first-order valence-corrected chi connectivity index (χ1v) is 10.00. The maximum atomic E-state index is 10.2. The number of hydrogen-bond donors (Lipinski definition) is 2. The van der Waals surface area contributed by atoms with E-state index in [2.05, 4.69) is 21.6 Å². The normalized spacial score (nSPS) is 15.3. The molecule has 0 amide bonds. The largest absolute Gasteiger partial charge is 0.337 e. The summed E-state index contributed by atoms with van der Waals surface area (Å²) in [7, 11) is 0. The van der Waals surface area contributed by atoms with Crippen LogP contribution in [0, 0.1) is 11.3 Å². The summed E-state index contributed by atoms with van der Waals surface area (Å²) in [6, 6.07) is 30.1. The van der Waals surface area contributed by atoms with Gasteiger partial charge in [0.2, 0.25) is 0 Å². The Kier molecular flexibility index (Phi) is 4.59. The van der Waals surface area contributed by atoms with Crippen LogP contribution >= 0.6 is 11.6 Å². The fourth-order valence-electron chi connectivity index (χ4n) is 3.97. The molecular weight excluding hydrogens is 392 g/mol. The Morgan fingerprint density at radius 3 is 2.10 bits per heavy atom. The van der Waals surface area contributed by atoms with Crippen LogP contribution in [0.1, 0.15) is 22.6 Å². The molecule has 0 fully saturated rings. The third kappa shape index (κ3) is 3.06. The van der Waals surface area contributed by atoms with Gasteiger partial charge in [0.05, 0.1) is 29.0 Å². The van der Waals surface area contributed by atoms with Crippen molar-refractivity contribution in [1.29, 1.82) is 5.26 Å². The van der Waals surface area contributed by atoms with Gasteiger partial charge < -0.3 is 5.32 Å². The van der Waals surface area contributed by atoms with Crippen LogP contribution in [-0.2, 0) is 0 Å². The van der Waals surface area contributed by atoms with Crippen molar-refractivity contribution in [2.45, 2.75) is 5.92 Å². The lowest BCUT2D eigenvalue weighted by Gasteiger charge is -2.27. The van der Waals surface area contributed by atoms with Gasteiger partial charge in [-0.25, -0.2) is 0 Å². The minimum Gasteiger partial charge on any atom is -0.337 e. The molecule has 1 aliphatic rings. The lowest BCUT2D eigenvalue weighted by atomic mass is 9.80. The summed E-state index contributed by atoms with van der Waals surface area (Å²) in [5.41, 5.74) is 6.24. The van der Waals surface area contributed by atoms with Crippen LogP contribution in [0.2, 0.25) is 5.02 Å². The average molecular weight is 409 g/mol. The average Bonchev–Trinajstić information content (AvgIpc) is 3.23. The number of anilines is 1. The number of hydrogen-bond acceptors (Lipinski definition) is 3. The Bertz CT molecular complexity index is 1270. The molecule has 4 nitrogen and oxygen atoms in total. The highest BCUT2D eigenvalue weighted by molar-refractivity contribution is 6.30. The van der Waals surface area contributed by atoms with Crippen molar-refractivity contribution in [2.24, 2.45) is 0 Å². The van der Waals surface area contributed by atoms with Crippen molar-refractivity contribution >= 4 is 23.1 Å². The second-order valence-corrected chi connectivity index (χ2v) is 7.54. The van der Waals surface area contributed by atoms with Gasteiger partial charge in [-0.1, -0.05) is 84.4 Å². The fraction of sp³-hybridized carbons (Fsp3) is 0.0400. The monoisotopic (exact) mass is 408 g/mol. The smallest absolute Gasteiger partial charge is 0.157 e. The molecule has 5 rings (SSSR count). The van der Waals surface area contributed by atoms with Crippen molar-refractivity contribution in [3.05, 3.63) is 112 Å². The highest BCUT2D eigenvalue weighted by Crippen LogP contribution is 2.47. The second kappa shape index (κ2) is 7.55. The minimum atomic E-state index is -0.271. The van der Waals surface area contributed by atoms with Crippen LogP contribution < -0.4 is 5.32 Å². The van der Waals surface area contributed by atoms with Crippen molar-refractivity contribution in [2.75, 3.05) is 5.32 Å². The Balaban J connectivity index is 1.77. The number of H-pyrrole nitrogens is 1. The zero-order valence-electron chi connectivity index (χ0n) is 15.9. The summed E-state index contributed by atoms with van der Waals surface area (Å²) in [5.74, 6) is 0.458. The number of rotatable bonds is 3. The van der Waals surface area contributed by atoms with Crippen molar-refractivity contribution < 1.29 is 0 Å². The first kappa shape index (κ1) is 18.2. The zero-order valence-corrected chi connectivity index (χ0v) is 16.7. The molecule has 1 atom stereocenters. The van der Waals surface area contributed by atoms with E-state index in [0.717, 1.165) is 39.5 Å². The third-order valence-corrected chi connectivity index (χ3v) is 5.59. The molecule has 5 heteroatoms. The van der Waals surface area contributed by atoms with Gasteiger partial charge in [-0.05, 0) is 28.8 Å². The van der Waals surface area contributed by atoms with Gasteiger partial charge in [0.25, 0.3) is 0 Å². The molecule has 1 aromatic heterocycles. The Labute approximate surface area is 179 Å². The van der Waals surface area contributed by atoms with Gasteiger partial charge in [0, 0.05) is 10.6 Å². The van der Waals surface area contributed by atoms with E-state index in [1.807, 2.05) is 84.9 Å². The molecule has 0 radical (unpaired) electrons. The molecule has 3 aromatic carbocycles. The molecule has 0 saturated heterocycles. The summed E-state index contributed by atoms with van der Waals surface area (Å²) in [6.07, 6.45) is 0. The van der Waals surface area contributed by atoms with E-state index in [0.29, 0.717) is 10.6 Å². The quantitative estimate of drug-likeness (QED) is 0.422. The number of aromatic amines is 1. The second-order valence-electron chi connectivity index (χ2n) is 7.10. The number of aromatic nitrogens is 2. The van der Waals surface area contributed by atoms with Crippen molar-refractivity contribution in [3.8, 4) is 17.3 Å². The van der Waals surface area contributed by atoms with Crippen LogP contribution in [-0.4, -0.2) is 10.2 Å². The van der Waals surface area contributed by atoms with Crippen LogP contribution in [0.3, 0.4) is 0 Å². The van der Waals surface area contributed by atoms with Crippen molar-refractivity contribution in [3.63, 3.8) is 0 Å². The maximum Gasteiger partial charge on any atom is 0.157 e. The zero-order chi connectivity index (χ0) is 20.5. The molecule has 30 heavy (non-hydrogen) atoms. The number of nitriles is 1. The summed E-state index contributed by atoms with van der Waals surface area (Å²) in [5, 5.41) is 22.0. The first-order chi connectivity index (χ1) is 14.8. The van der Waals surface area contributed by atoms with Gasteiger partial charge in [-0.15, -0.1) is 0 Å². The van der Waals surface area contributed by atoms with E-state index < -0.39 is 0 Å². The summed E-state index contributed by atoms with van der Waals surface area (Å²) < 4.78 is 0. The SMILES string of the molecule is N#CC1=C(c2ccccc2)Nc2n[nH]c(-c3ccccc3)c2C1c1ccc(Cl)cc1. The van der Waals surface area contributed by atoms with E-state index in [1.165, 1.54) is 0 Å². The van der Waals surface area contributed by atoms with E-state index in [-0.39, 0.29) is 5.92 Å². The first-order valence-electron chi connectivity index (χ1n) is 9.62. The molecule has 144 valence electrons. The molecule has 2 heterocycles. The van der Waals surface area contributed by atoms with E-state index in [1.54, 1.807) is 0 Å². The number of halogens is 1. The number of allylic oxidation sites excluding steroid dienone is 1. The number of fused-ring (bicyclic) bond motifs is 1. The highest BCUT2D eigenvalue weighted by atomic mass is 35.5. The summed E-state index contributed by atoms with van der Waals surface area (Å²) in [6.45, 7) is 0. The van der Waals surface area contributed by atoms with E-state index in [4.69, 9.17) is 11.6 Å². The predicted molar refractivity (Wildman–Crippen MR) is 120 cm³/mol. The molecule has 2 N–H and O–H groups in total. The Hall–Kier alpha value is -3.81. The Morgan fingerprint density at radius 2 is 1.47 bits per heavy atom. The standard InChI is InChI=1S/C25H17ClN4/c26-19-13-11-16(12-14-19)21-20(15-27)23(17-7-3-1-4-8-17)28-25-22(21)24(29-30-25)18-9-5-2-6-10-18/h1-14,21H,(H2,28,29,30). The number of benzene rings is 3. The molecular formula is C25H17ClN4. The lowest BCUT2D eigenvalue weighted by Crippen LogP contribution is -2.17. The minimum absolute atomic E-state index is 0.271. The predicted octanol–water partition coefficient (Wildman–Crippen LogP) is 6.22. The molecule has 0 saturated carbocycles. The van der Waals surface area contributed by atoms with Crippen LogP contribution in [0.5, 0.6) is 0 Å². The summed E-state index contributed by atoms with van der Waals surface area (Å²) in [4.78, 5) is 0. The van der Waals surface area contributed by atoms with Gasteiger partial charge in [0.15, 0.2) is 5.82 Å². The van der Waals surface area contributed by atoms with Gasteiger partial charge >= 0.3 is 0 Å². The van der Waals surface area contributed by atoms with Crippen LogP contribution in [0.25, 0.3) is 17.0 Å². The van der Waals surface area contributed by atoms with E-state index in [9.17, 15) is 5.26 Å². The molecule has 0 spiro atoms. The summed E-state index contributed by atoms with van der Waals surface area (Å²) >= 11 is 6.14. The molecule has 0 aliphatic carbocycles. The molecule has 1 aliphatic heterocycles. The van der Waals surface area contributed by atoms with Crippen LogP contribution in [0.4, 0.5) is 5.82 Å². The lowest BCUT2D eigenvalue weighted by molar-refractivity contribution is 0.973. The molecule has 4 aromatic rings. The number of nitrogens with one attached hydrogen (secondary N) is 2. The molecule has 0 bridgehead atoms. The van der Waals surface area contributed by atoms with Gasteiger partial charge in [0.1, 0.15) is 0 Å². The Morgan fingerprint density at radius 1 is 0.833 bits per heavy atom. The van der Waals surface area contributed by atoms with Crippen molar-refractivity contribution in [1.82, 2.24) is 10.2 Å². The number of nitrogens with zero attached hydrogens (tertiary/aromatic N) is 2. The van der Waals surface area contributed by atoms with Gasteiger partial charge in [-0.3, -0.25) is 5.10 Å². The maximum absolute atomic E-state index is 10.2. The molecule has 1 unspecified atom stereocenters. The van der Waals surface area contributed by atoms with Crippen LogP contribution in [0.15, 0.2) is 90.5 Å². The van der Waals surface area contributed by atoms with E-state index >= 15 is 0 Å². The fourth-order valence-corrected chi connectivity index (χ4v) is 4.09.